The first-order valence-corrected chi connectivity index (χ1v) is 13.1. The summed E-state index contributed by atoms with van der Waals surface area (Å²) in [6.45, 7) is 20.9. The number of amides is 2. The molecular formula is C26H50N2O4S. The van der Waals surface area contributed by atoms with Crippen molar-refractivity contribution in [2.24, 2.45) is 28.6 Å². The maximum absolute atomic E-state index is 13.3. The van der Waals surface area contributed by atoms with E-state index in [1.165, 1.54) is 11.8 Å². The van der Waals surface area contributed by atoms with E-state index in [-0.39, 0.29) is 46.9 Å². The van der Waals surface area contributed by atoms with Crippen LogP contribution in [0.25, 0.3) is 0 Å². The van der Waals surface area contributed by atoms with E-state index in [0.29, 0.717) is 18.1 Å². The molecule has 0 radical (unpaired) electrons. The number of carboxylic acids is 1. The Morgan fingerprint density at radius 3 is 1.85 bits per heavy atom. The number of thioether (sulfide) groups is 1. The second-order valence-corrected chi connectivity index (χ2v) is 13.8. The minimum Gasteiger partial charge on any atom is -0.481 e. The average Bonchev–Trinajstić information content (AvgIpc) is 2.61. The molecule has 194 valence electrons. The van der Waals surface area contributed by atoms with E-state index in [4.69, 9.17) is 5.11 Å². The molecule has 2 unspecified atom stereocenters. The van der Waals surface area contributed by atoms with Gasteiger partial charge in [-0.2, -0.15) is 11.8 Å². The van der Waals surface area contributed by atoms with Gasteiger partial charge in [0, 0.05) is 36.6 Å². The molecule has 2 N–H and O–H groups in total. The zero-order valence-electron chi connectivity index (χ0n) is 23.2. The lowest BCUT2D eigenvalue weighted by molar-refractivity contribution is -0.139. The van der Waals surface area contributed by atoms with Crippen LogP contribution in [0.4, 0.5) is 0 Å². The molecule has 0 aromatic heterocycles. The summed E-state index contributed by atoms with van der Waals surface area (Å²) in [6.07, 6.45) is 1.45. The summed E-state index contributed by atoms with van der Waals surface area (Å²) in [5.74, 6) is -0.397. The summed E-state index contributed by atoms with van der Waals surface area (Å²) >= 11 is 1.54. The van der Waals surface area contributed by atoms with Crippen LogP contribution in [0.2, 0.25) is 0 Å². The smallest absolute Gasteiger partial charge is 0.304 e. The van der Waals surface area contributed by atoms with Crippen LogP contribution in [0.3, 0.4) is 0 Å². The van der Waals surface area contributed by atoms with Crippen molar-refractivity contribution in [1.29, 1.82) is 0 Å². The van der Waals surface area contributed by atoms with Crippen molar-refractivity contribution in [2.75, 3.05) is 19.8 Å². The number of aliphatic carboxylic acids is 1. The number of carboxylic acid groups (broad SMARTS) is 1. The normalized spacial score (nSPS) is 14.8. The second-order valence-electron chi connectivity index (χ2n) is 12.0. The Bertz CT molecular complexity index is 669. The minimum atomic E-state index is -0.831. The van der Waals surface area contributed by atoms with E-state index < -0.39 is 10.7 Å². The second kappa shape index (κ2) is 12.5. The van der Waals surface area contributed by atoms with Crippen LogP contribution < -0.4 is 5.32 Å². The Balaban J connectivity index is 6.13. The summed E-state index contributed by atoms with van der Waals surface area (Å²) in [6, 6.07) is 0.0683. The zero-order valence-corrected chi connectivity index (χ0v) is 24.0. The van der Waals surface area contributed by atoms with Gasteiger partial charge in [0.25, 0.3) is 0 Å². The molecule has 33 heavy (non-hydrogen) atoms. The van der Waals surface area contributed by atoms with Crippen LogP contribution in [0.5, 0.6) is 0 Å². The van der Waals surface area contributed by atoms with Gasteiger partial charge >= 0.3 is 5.97 Å². The lowest BCUT2D eigenvalue weighted by atomic mass is 9.56. The van der Waals surface area contributed by atoms with E-state index in [1.807, 2.05) is 27.7 Å². The fourth-order valence-corrected chi connectivity index (χ4v) is 5.46. The molecule has 0 aliphatic carbocycles. The zero-order chi connectivity index (χ0) is 26.4. The van der Waals surface area contributed by atoms with Crippen LogP contribution in [-0.2, 0) is 14.4 Å². The highest BCUT2D eigenvalue weighted by Crippen LogP contribution is 2.52. The van der Waals surface area contributed by atoms with Gasteiger partial charge in [0.15, 0.2) is 0 Å². The molecule has 0 fully saturated rings. The molecular weight excluding hydrogens is 436 g/mol. The van der Waals surface area contributed by atoms with Crippen LogP contribution in [0.1, 0.15) is 88.5 Å². The number of carbonyl (C=O) groups excluding carboxylic acids is 2. The maximum Gasteiger partial charge on any atom is 0.304 e. The third kappa shape index (κ3) is 9.50. The number of nitrogens with zero attached hydrogens (tertiary/aromatic N) is 1. The summed E-state index contributed by atoms with van der Waals surface area (Å²) in [7, 11) is 3.53. The highest BCUT2D eigenvalue weighted by atomic mass is 32.2. The van der Waals surface area contributed by atoms with E-state index >= 15 is 0 Å². The predicted molar refractivity (Wildman–Crippen MR) is 139 cm³/mol. The number of hydrogen-bond donors (Lipinski definition) is 2. The van der Waals surface area contributed by atoms with Crippen molar-refractivity contribution >= 4 is 29.5 Å². The predicted octanol–water partition coefficient (Wildman–Crippen LogP) is 5.31. The van der Waals surface area contributed by atoms with Crippen LogP contribution in [0.15, 0.2) is 0 Å². The van der Waals surface area contributed by atoms with Crippen molar-refractivity contribution in [3.63, 3.8) is 0 Å². The Kier molecular flexibility index (Phi) is 12.0. The monoisotopic (exact) mass is 486 g/mol. The standard InChI is InChI=1S/C26H50N2O4S/c1-17(2)15-19(22(31)27-18(3)4)25(7,8)24(5,6)16-20(23(32)28(11)12)26(9,10)33-14-13-21(29)30/h17-20H,13-16H2,1-12H3,(H,27,31)(H,29,30). The van der Waals surface area contributed by atoms with Gasteiger partial charge in [-0.05, 0) is 57.3 Å². The highest BCUT2D eigenvalue weighted by molar-refractivity contribution is 8.00. The van der Waals surface area contributed by atoms with E-state index in [9.17, 15) is 14.4 Å². The van der Waals surface area contributed by atoms with Gasteiger partial charge in [0.1, 0.15) is 0 Å². The Labute approximate surface area is 207 Å². The van der Waals surface area contributed by atoms with Gasteiger partial charge in [-0.1, -0.05) is 41.5 Å². The molecule has 6 nitrogen and oxygen atoms in total. The van der Waals surface area contributed by atoms with Gasteiger partial charge in [-0.15, -0.1) is 0 Å². The molecule has 0 bridgehead atoms. The summed E-state index contributed by atoms with van der Waals surface area (Å²) in [4.78, 5) is 39.3. The quantitative estimate of drug-likeness (QED) is 0.348. The third-order valence-electron chi connectivity index (χ3n) is 7.15. The SMILES string of the molecule is CC(C)CC(C(=O)NC(C)C)C(C)(C)C(C)(C)CC(C(=O)N(C)C)C(C)(C)SCCC(=O)O. The molecule has 0 aliphatic heterocycles. The molecule has 0 aliphatic rings. The van der Waals surface area contributed by atoms with Gasteiger partial charge < -0.3 is 15.3 Å². The van der Waals surface area contributed by atoms with E-state index in [2.05, 4.69) is 46.9 Å². The molecule has 0 aromatic carbocycles. The molecule has 7 heteroatoms. The molecule has 0 rings (SSSR count). The Morgan fingerprint density at radius 1 is 0.939 bits per heavy atom. The van der Waals surface area contributed by atoms with Crippen molar-refractivity contribution in [2.45, 2.75) is 99.3 Å². The van der Waals surface area contributed by atoms with E-state index in [0.717, 1.165) is 6.42 Å². The fourth-order valence-electron chi connectivity index (χ4n) is 4.28. The van der Waals surface area contributed by atoms with Crippen molar-refractivity contribution in [3.05, 3.63) is 0 Å². The maximum atomic E-state index is 13.3. The molecule has 0 spiro atoms. The van der Waals surface area contributed by atoms with E-state index in [1.54, 1.807) is 19.0 Å². The minimum absolute atomic E-state index is 0.0405. The summed E-state index contributed by atoms with van der Waals surface area (Å²) in [5, 5.41) is 12.2. The molecule has 0 aromatic rings. The number of nitrogens with one attached hydrogen (secondary N) is 1. The average molecular weight is 487 g/mol. The molecule has 0 heterocycles. The van der Waals surface area contributed by atoms with Crippen molar-refractivity contribution in [1.82, 2.24) is 10.2 Å². The summed E-state index contributed by atoms with van der Waals surface area (Å²) in [5.41, 5.74) is -0.704. The van der Waals surface area contributed by atoms with Crippen LogP contribution >= 0.6 is 11.8 Å². The first-order valence-electron chi connectivity index (χ1n) is 12.1. The van der Waals surface area contributed by atoms with Crippen LogP contribution in [0, 0.1) is 28.6 Å². The largest absolute Gasteiger partial charge is 0.481 e. The lowest BCUT2D eigenvalue weighted by Gasteiger charge is -2.50. The first kappa shape index (κ1) is 31.8. The van der Waals surface area contributed by atoms with Gasteiger partial charge in [-0.25, -0.2) is 0 Å². The Hall–Kier alpha value is -1.24. The molecule has 0 saturated heterocycles. The fraction of sp³-hybridized carbons (Fsp3) is 0.885. The summed E-state index contributed by atoms with van der Waals surface area (Å²) < 4.78 is -0.447. The van der Waals surface area contributed by atoms with Gasteiger partial charge in [0.05, 0.1) is 12.3 Å². The Morgan fingerprint density at radius 2 is 1.45 bits per heavy atom. The molecule has 2 atom stereocenters. The molecule has 2 amide bonds. The third-order valence-corrected chi connectivity index (χ3v) is 8.59. The number of rotatable bonds is 14. The molecule has 0 saturated carbocycles. The lowest BCUT2D eigenvalue weighted by Crippen LogP contribution is -2.51. The number of hydrogen-bond acceptors (Lipinski definition) is 4. The number of carbonyl (C=O) groups is 3. The first-order chi connectivity index (χ1) is 14.8. The van der Waals surface area contributed by atoms with Gasteiger partial charge in [-0.3, -0.25) is 14.4 Å². The van der Waals surface area contributed by atoms with Crippen LogP contribution in [-0.4, -0.2) is 58.4 Å². The van der Waals surface area contributed by atoms with Crippen molar-refractivity contribution in [3.8, 4) is 0 Å². The topological polar surface area (TPSA) is 86.7 Å². The van der Waals surface area contributed by atoms with Crippen molar-refractivity contribution < 1.29 is 19.5 Å². The highest BCUT2D eigenvalue weighted by Gasteiger charge is 2.50. The van der Waals surface area contributed by atoms with Gasteiger partial charge in [0.2, 0.25) is 11.8 Å².